The number of nitrogens with zero attached hydrogens (tertiary/aromatic N) is 2. The highest BCUT2D eigenvalue weighted by atomic mass is 16.5. The maximum atomic E-state index is 12.3. The molecule has 0 bridgehead atoms. The smallest absolute Gasteiger partial charge is 0.323 e. The minimum atomic E-state index is -0.227. The largest absolute Gasteiger partial charge is 0.364 e. The molecule has 3 aromatic rings. The second-order valence-electron chi connectivity index (χ2n) is 6.34. The van der Waals surface area contributed by atoms with Crippen LogP contribution in [0.4, 0.5) is 16.2 Å². The van der Waals surface area contributed by atoms with Gasteiger partial charge in [0.2, 0.25) is 0 Å². The molecule has 0 atom stereocenters. The summed E-state index contributed by atoms with van der Waals surface area (Å²) in [4.78, 5) is 14.6. The first-order valence-electron chi connectivity index (χ1n) is 8.63. The van der Waals surface area contributed by atoms with Crippen molar-refractivity contribution in [3.05, 3.63) is 77.7 Å². The van der Waals surface area contributed by atoms with Gasteiger partial charge in [0.05, 0.1) is 5.69 Å². The molecule has 2 heterocycles. The lowest BCUT2D eigenvalue weighted by Crippen LogP contribution is -2.31. The molecule has 0 unspecified atom stereocenters. The number of hydrogen-bond donors (Lipinski definition) is 2. The van der Waals surface area contributed by atoms with Crippen LogP contribution < -0.4 is 10.6 Å². The van der Waals surface area contributed by atoms with E-state index >= 15 is 0 Å². The van der Waals surface area contributed by atoms with Crippen molar-refractivity contribution >= 4 is 17.4 Å². The van der Waals surface area contributed by atoms with Crippen molar-refractivity contribution in [2.45, 2.75) is 19.5 Å². The summed E-state index contributed by atoms with van der Waals surface area (Å²) in [7, 11) is 0. The fourth-order valence-corrected chi connectivity index (χ4v) is 3.27. The van der Waals surface area contributed by atoms with Gasteiger partial charge < -0.3 is 15.2 Å². The number of hydrogen-bond acceptors (Lipinski definition) is 4. The summed E-state index contributed by atoms with van der Waals surface area (Å²) in [5.74, 6) is 0. The van der Waals surface area contributed by atoms with E-state index in [1.54, 1.807) is 6.26 Å². The molecule has 2 aromatic carbocycles. The summed E-state index contributed by atoms with van der Waals surface area (Å²) in [5.41, 5.74) is 5.01. The normalized spacial score (nSPS) is 13.8. The zero-order valence-corrected chi connectivity index (χ0v) is 14.3. The summed E-state index contributed by atoms with van der Waals surface area (Å²) in [6.07, 6.45) is 2.48. The molecule has 0 aliphatic carbocycles. The third-order valence-electron chi connectivity index (χ3n) is 4.50. The number of anilines is 2. The molecule has 0 spiro atoms. The Labute approximate surface area is 151 Å². The second kappa shape index (κ2) is 7.41. The Morgan fingerprint density at radius 2 is 1.96 bits per heavy atom. The van der Waals surface area contributed by atoms with E-state index in [2.05, 4.69) is 26.8 Å². The zero-order valence-electron chi connectivity index (χ0n) is 14.3. The lowest BCUT2D eigenvalue weighted by Gasteiger charge is -2.29. The molecule has 6 heteroatoms. The Bertz CT molecular complexity index is 878. The quantitative estimate of drug-likeness (QED) is 0.751. The van der Waals surface area contributed by atoms with Crippen molar-refractivity contribution in [2.75, 3.05) is 17.2 Å². The summed E-state index contributed by atoms with van der Waals surface area (Å²) in [5, 5.41) is 9.82. The van der Waals surface area contributed by atoms with Gasteiger partial charge in [0.25, 0.3) is 0 Å². The van der Waals surface area contributed by atoms with Gasteiger partial charge in [-0.3, -0.25) is 4.90 Å². The molecule has 0 saturated heterocycles. The molecule has 0 fully saturated rings. The summed E-state index contributed by atoms with van der Waals surface area (Å²) < 4.78 is 4.91. The Kier molecular flexibility index (Phi) is 4.66. The maximum Gasteiger partial charge on any atom is 0.323 e. The molecule has 26 heavy (non-hydrogen) atoms. The molecule has 1 aromatic heterocycles. The molecule has 1 aliphatic heterocycles. The number of rotatable bonds is 4. The molecule has 4 rings (SSSR count). The monoisotopic (exact) mass is 348 g/mol. The third kappa shape index (κ3) is 3.75. The van der Waals surface area contributed by atoms with Crippen molar-refractivity contribution in [3.8, 4) is 0 Å². The fourth-order valence-electron chi connectivity index (χ4n) is 3.27. The number of carbonyl (C=O) groups excluding carboxylic acids is 1. The second-order valence-corrected chi connectivity index (χ2v) is 6.34. The van der Waals surface area contributed by atoms with Crippen LogP contribution in [0.3, 0.4) is 0 Å². The average Bonchev–Trinajstić information content (AvgIpc) is 3.15. The van der Waals surface area contributed by atoms with Crippen LogP contribution in [0.1, 0.15) is 16.8 Å². The number of urea groups is 1. The molecule has 132 valence electrons. The van der Waals surface area contributed by atoms with Gasteiger partial charge in [-0.25, -0.2) is 4.79 Å². The van der Waals surface area contributed by atoms with E-state index in [1.165, 1.54) is 11.1 Å². The van der Waals surface area contributed by atoms with E-state index in [0.29, 0.717) is 0 Å². The van der Waals surface area contributed by atoms with E-state index in [-0.39, 0.29) is 6.03 Å². The van der Waals surface area contributed by atoms with Crippen molar-refractivity contribution in [1.29, 1.82) is 0 Å². The van der Waals surface area contributed by atoms with Crippen molar-refractivity contribution in [2.24, 2.45) is 0 Å². The predicted molar refractivity (Wildman–Crippen MR) is 99.8 cm³/mol. The topological polar surface area (TPSA) is 70.4 Å². The molecular formula is C20H20N4O2. The van der Waals surface area contributed by atoms with Crippen molar-refractivity contribution in [1.82, 2.24) is 10.1 Å². The molecule has 0 saturated carbocycles. The Hall–Kier alpha value is -3.12. The predicted octanol–water partition coefficient (Wildman–Crippen LogP) is 3.88. The zero-order chi connectivity index (χ0) is 17.8. The van der Waals surface area contributed by atoms with E-state index < -0.39 is 0 Å². The van der Waals surface area contributed by atoms with Gasteiger partial charge in [-0.2, -0.15) is 0 Å². The Morgan fingerprint density at radius 1 is 1.08 bits per heavy atom. The minimum absolute atomic E-state index is 0.227. The van der Waals surface area contributed by atoms with Gasteiger partial charge in [-0.1, -0.05) is 35.5 Å². The lowest BCUT2D eigenvalue weighted by molar-refractivity contribution is 0.238. The highest BCUT2D eigenvalue weighted by Crippen LogP contribution is 2.27. The van der Waals surface area contributed by atoms with Gasteiger partial charge in [-0.15, -0.1) is 0 Å². The van der Waals surface area contributed by atoms with E-state index in [4.69, 9.17) is 4.52 Å². The molecule has 6 nitrogen and oxygen atoms in total. The number of aromatic nitrogens is 1. The number of amides is 2. The molecular weight excluding hydrogens is 328 g/mol. The molecule has 2 amide bonds. The van der Waals surface area contributed by atoms with Crippen LogP contribution in [0.5, 0.6) is 0 Å². The van der Waals surface area contributed by atoms with Gasteiger partial charge in [-0.05, 0) is 35.7 Å². The molecule has 0 radical (unpaired) electrons. The van der Waals surface area contributed by atoms with Crippen LogP contribution >= 0.6 is 0 Å². The third-order valence-corrected chi connectivity index (χ3v) is 4.50. The standard InChI is InChI=1S/C20H20N4O2/c25-20(21-16-6-2-1-3-7-16)22-19-8-4-5-15-13-24(11-9-18(15)19)14-17-10-12-26-23-17/h1-8,10,12H,9,11,13-14H2,(H2,21,22,25). The number of para-hydroxylation sites is 1. The van der Waals surface area contributed by atoms with Crippen molar-refractivity contribution in [3.63, 3.8) is 0 Å². The van der Waals surface area contributed by atoms with Crippen LogP contribution in [-0.2, 0) is 19.5 Å². The van der Waals surface area contributed by atoms with Crippen LogP contribution in [-0.4, -0.2) is 22.6 Å². The van der Waals surface area contributed by atoms with Crippen LogP contribution in [0.15, 0.2) is 65.4 Å². The lowest BCUT2D eigenvalue weighted by atomic mass is 9.97. The summed E-state index contributed by atoms with van der Waals surface area (Å²) in [6.45, 7) is 2.51. The Morgan fingerprint density at radius 3 is 2.77 bits per heavy atom. The van der Waals surface area contributed by atoms with Crippen LogP contribution in [0, 0.1) is 0 Å². The molecule has 1 aliphatic rings. The Balaban J connectivity index is 1.44. The molecule has 2 N–H and O–H groups in total. The SMILES string of the molecule is O=C(Nc1ccccc1)Nc1cccc2c1CCN(Cc1ccon1)C2. The summed E-state index contributed by atoms with van der Waals surface area (Å²) >= 11 is 0. The van der Waals surface area contributed by atoms with E-state index in [9.17, 15) is 4.79 Å². The first-order chi connectivity index (χ1) is 12.8. The van der Waals surface area contributed by atoms with Gasteiger partial charge in [0.1, 0.15) is 6.26 Å². The maximum absolute atomic E-state index is 12.3. The van der Waals surface area contributed by atoms with Gasteiger partial charge in [0, 0.05) is 37.1 Å². The van der Waals surface area contributed by atoms with Crippen molar-refractivity contribution < 1.29 is 9.32 Å². The highest BCUT2D eigenvalue weighted by Gasteiger charge is 2.20. The first kappa shape index (κ1) is 16.4. The number of carbonyl (C=O) groups is 1. The van der Waals surface area contributed by atoms with Gasteiger partial charge in [0.15, 0.2) is 0 Å². The number of nitrogens with one attached hydrogen (secondary N) is 2. The minimum Gasteiger partial charge on any atom is -0.364 e. The first-order valence-corrected chi connectivity index (χ1v) is 8.63. The average molecular weight is 348 g/mol. The van der Waals surface area contributed by atoms with E-state index in [0.717, 1.165) is 43.1 Å². The number of fused-ring (bicyclic) bond motifs is 1. The number of benzene rings is 2. The highest BCUT2D eigenvalue weighted by molar-refractivity contribution is 6.00. The van der Waals surface area contributed by atoms with Crippen LogP contribution in [0.2, 0.25) is 0 Å². The van der Waals surface area contributed by atoms with E-state index in [1.807, 2.05) is 48.5 Å². The fraction of sp³-hybridized carbons (Fsp3) is 0.200. The van der Waals surface area contributed by atoms with Gasteiger partial charge >= 0.3 is 6.03 Å². The summed E-state index contributed by atoms with van der Waals surface area (Å²) in [6, 6.07) is 17.1. The van der Waals surface area contributed by atoms with Crippen LogP contribution in [0.25, 0.3) is 0 Å².